The Labute approximate surface area is 147 Å². The van der Waals surface area contributed by atoms with E-state index in [1.54, 1.807) is 0 Å². The predicted molar refractivity (Wildman–Crippen MR) is 103 cm³/mol. The van der Waals surface area contributed by atoms with Crippen molar-refractivity contribution < 1.29 is 0 Å². The van der Waals surface area contributed by atoms with Crippen LogP contribution >= 0.6 is 27.7 Å². The molecule has 0 aromatic heterocycles. The Balaban J connectivity index is 2.21. The molecule has 2 rings (SSSR count). The zero-order valence-electron chi connectivity index (χ0n) is 14.1. The third-order valence-corrected chi connectivity index (χ3v) is 5.59. The largest absolute Gasteiger partial charge is 0.347 e. The number of aliphatic imine (C=N–C) groups is 1. The third-order valence-electron chi connectivity index (χ3n) is 3.96. The number of hydrogen-bond acceptors (Lipinski definition) is 2. The fourth-order valence-electron chi connectivity index (χ4n) is 2.79. The lowest BCUT2D eigenvalue weighted by Crippen LogP contribution is -2.35. The van der Waals surface area contributed by atoms with Gasteiger partial charge in [-0.15, -0.1) is 0 Å². The number of rotatable bonds is 6. The van der Waals surface area contributed by atoms with Crippen LogP contribution in [0.3, 0.4) is 0 Å². The van der Waals surface area contributed by atoms with E-state index in [9.17, 15) is 0 Å². The van der Waals surface area contributed by atoms with Gasteiger partial charge in [0.2, 0.25) is 0 Å². The van der Waals surface area contributed by atoms with Gasteiger partial charge in [-0.1, -0.05) is 54.9 Å². The topological polar surface area (TPSA) is 15.6 Å². The maximum Gasteiger partial charge on any atom is 0.164 e. The zero-order valence-corrected chi connectivity index (χ0v) is 16.5. The molecule has 1 atom stereocenters. The van der Waals surface area contributed by atoms with Gasteiger partial charge in [-0.3, -0.25) is 0 Å². The first-order valence-electron chi connectivity index (χ1n) is 8.25. The molecule has 22 heavy (non-hydrogen) atoms. The van der Waals surface area contributed by atoms with Crippen molar-refractivity contribution in [2.75, 3.05) is 12.3 Å². The van der Waals surface area contributed by atoms with Crippen LogP contribution < -0.4 is 0 Å². The van der Waals surface area contributed by atoms with Gasteiger partial charge >= 0.3 is 0 Å². The molecule has 122 valence electrons. The lowest BCUT2D eigenvalue weighted by atomic mass is 10.0. The van der Waals surface area contributed by atoms with Crippen LogP contribution in [0.2, 0.25) is 0 Å². The van der Waals surface area contributed by atoms with Crippen LogP contribution in [0.1, 0.15) is 45.6 Å². The fourth-order valence-corrected chi connectivity index (χ4v) is 4.49. The molecule has 1 aliphatic heterocycles. The minimum absolute atomic E-state index is 0.644. The van der Waals surface area contributed by atoms with Crippen LogP contribution in [-0.2, 0) is 0 Å². The van der Waals surface area contributed by atoms with E-state index in [0.717, 1.165) is 22.6 Å². The first kappa shape index (κ1) is 17.9. The highest BCUT2D eigenvalue weighted by atomic mass is 79.9. The fraction of sp³-hybridized carbons (Fsp3) is 0.611. The quantitative estimate of drug-likeness (QED) is 0.598. The van der Waals surface area contributed by atoms with Gasteiger partial charge in [0.05, 0.1) is 5.69 Å². The van der Waals surface area contributed by atoms with Gasteiger partial charge in [0.1, 0.15) is 0 Å². The second-order valence-electron chi connectivity index (χ2n) is 6.47. The van der Waals surface area contributed by atoms with Crippen LogP contribution in [0.15, 0.2) is 27.7 Å². The van der Waals surface area contributed by atoms with Gasteiger partial charge in [-0.25, -0.2) is 4.99 Å². The van der Waals surface area contributed by atoms with E-state index in [2.05, 4.69) is 66.7 Å². The van der Waals surface area contributed by atoms with Crippen LogP contribution in [0.5, 0.6) is 0 Å². The van der Waals surface area contributed by atoms with E-state index >= 15 is 0 Å². The molecule has 1 aliphatic rings. The summed E-state index contributed by atoms with van der Waals surface area (Å²) >= 11 is 5.45. The molecule has 0 bridgehead atoms. The molecule has 0 spiro atoms. The summed E-state index contributed by atoms with van der Waals surface area (Å²) in [6, 6.07) is 6.97. The molecule has 0 saturated carbocycles. The van der Waals surface area contributed by atoms with Crippen molar-refractivity contribution >= 4 is 38.5 Å². The summed E-state index contributed by atoms with van der Waals surface area (Å²) in [6.45, 7) is 10.2. The smallest absolute Gasteiger partial charge is 0.164 e. The molecule has 1 saturated heterocycles. The van der Waals surface area contributed by atoms with Crippen molar-refractivity contribution in [1.82, 2.24) is 4.90 Å². The van der Waals surface area contributed by atoms with Gasteiger partial charge in [0.25, 0.3) is 0 Å². The van der Waals surface area contributed by atoms with E-state index in [1.165, 1.54) is 35.7 Å². The highest BCUT2D eigenvalue weighted by Gasteiger charge is 2.30. The third kappa shape index (κ3) is 4.76. The lowest BCUT2D eigenvalue weighted by molar-refractivity contribution is 0.302. The molecule has 1 heterocycles. The van der Waals surface area contributed by atoms with Crippen LogP contribution in [0, 0.1) is 12.8 Å². The van der Waals surface area contributed by atoms with Gasteiger partial charge in [-0.05, 0) is 49.4 Å². The van der Waals surface area contributed by atoms with Crippen molar-refractivity contribution in [3.63, 3.8) is 0 Å². The number of thioether (sulfide) groups is 1. The van der Waals surface area contributed by atoms with E-state index in [4.69, 9.17) is 4.99 Å². The average molecular weight is 383 g/mol. The summed E-state index contributed by atoms with van der Waals surface area (Å²) in [5.74, 6) is 1.92. The predicted octanol–water partition coefficient (Wildman–Crippen LogP) is 6.01. The second-order valence-corrected chi connectivity index (χ2v) is 8.37. The van der Waals surface area contributed by atoms with Gasteiger partial charge in [0.15, 0.2) is 5.17 Å². The number of nitrogens with zero attached hydrogens (tertiary/aromatic N) is 2. The van der Waals surface area contributed by atoms with Crippen molar-refractivity contribution in [2.24, 2.45) is 10.9 Å². The first-order valence-corrected chi connectivity index (χ1v) is 10.0. The summed E-state index contributed by atoms with van der Waals surface area (Å²) in [6.07, 6.45) is 3.74. The molecule has 1 aromatic carbocycles. The molecule has 0 N–H and O–H groups in total. The highest BCUT2D eigenvalue weighted by molar-refractivity contribution is 9.10. The Kier molecular flexibility index (Phi) is 6.82. The highest BCUT2D eigenvalue weighted by Crippen LogP contribution is 2.32. The average Bonchev–Trinajstić information content (AvgIpc) is 2.81. The summed E-state index contributed by atoms with van der Waals surface area (Å²) in [5, 5.41) is 1.21. The maximum atomic E-state index is 4.98. The molecule has 0 amide bonds. The van der Waals surface area contributed by atoms with Gasteiger partial charge in [-0.2, -0.15) is 0 Å². The van der Waals surface area contributed by atoms with Gasteiger partial charge in [0, 0.05) is 22.8 Å². The summed E-state index contributed by atoms with van der Waals surface area (Å²) in [4.78, 5) is 7.53. The van der Waals surface area contributed by atoms with Crippen molar-refractivity contribution in [3.8, 4) is 0 Å². The zero-order chi connectivity index (χ0) is 16.1. The molecule has 1 fully saturated rings. The summed E-state index contributed by atoms with van der Waals surface area (Å²) in [7, 11) is 0. The maximum absolute atomic E-state index is 4.98. The molecule has 0 radical (unpaired) electrons. The van der Waals surface area contributed by atoms with E-state index in [1.807, 2.05) is 11.8 Å². The molecule has 2 nitrogen and oxygen atoms in total. The van der Waals surface area contributed by atoms with Crippen LogP contribution in [-0.4, -0.2) is 28.4 Å². The Morgan fingerprint density at radius 1 is 1.41 bits per heavy atom. The SMILES string of the molecule is CCCCN1C(=Nc2ccc(Br)cc2C)SC[C@@H]1CC(C)C. The molecule has 0 unspecified atom stereocenters. The molecular weight excluding hydrogens is 356 g/mol. The summed E-state index contributed by atoms with van der Waals surface area (Å²) in [5.41, 5.74) is 2.32. The van der Waals surface area contributed by atoms with Crippen LogP contribution in [0.4, 0.5) is 5.69 Å². The van der Waals surface area contributed by atoms with Crippen LogP contribution in [0.25, 0.3) is 0 Å². The molecule has 0 aliphatic carbocycles. The molecular formula is C18H27BrN2S. The number of unbranched alkanes of at least 4 members (excludes halogenated alkanes) is 1. The lowest BCUT2D eigenvalue weighted by Gasteiger charge is -2.27. The summed E-state index contributed by atoms with van der Waals surface area (Å²) < 4.78 is 1.12. The minimum Gasteiger partial charge on any atom is -0.347 e. The molecule has 4 heteroatoms. The van der Waals surface area contributed by atoms with Crippen molar-refractivity contribution in [2.45, 2.75) is 53.0 Å². The standard InChI is InChI=1S/C18H27BrN2S/c1-5-6-9-21-16(10-13(2)3)12-22-18(21)20-17-8-7-15(19)11-14(17)4/h7-8,11,13,16H,5-6,9-10,12H2,1-4H3/t16-/m0/s1. The van der Waals surface area contributed by atoms with E-state index in [-0.39, 0.29) is 0 Å². The minimum atomic E-state index is 0.644. The van der Waals surface area contributed by atoms with E-state index < -0.39 is 0 Å². The number of hydrogen-bond donors (Lipinski definition) is 0. The number of amidine groups is 1. The molecule has 1 aromatic rings. The number of halogens is 1. The Hall–Kier alpha value is -0.480. The number of aryl methyl sites for hydroxylation is 1. The van der Waals surface area contributed by atoms with E-state index in [0.29, 0.717) is 6.04 Å². The normalized spacial score (nSPS) is 20.4. The number of benzene rings is 1. The second kappa shape index (κ2) is 8.39. The first-order chi connectivity index (χ1) is 10.5. The van der Waals surface area contributed by atoms with Gasteiger partial charge < -0.3 is 4.90 Å². The van der Waals surface area contributed by atoms with Crippen molar-refractivity contribution in [1.29, 1.82) is 0 Å². The Morgan fingerprint density at radius 2 is 2.18 bits per heavy atom. The van der Waals surface area contributed by atoms with Crippen molar-refractivity contribution in [3.05, 3.63) is 28.2 Å². The Morgan fingerprint density at radius 3 is 2.82 bits per heavy atom. The monoisotopic (exact) mass is 382 g/mol. The Bertz CT molecular complexity index is 528.